The number of ether oxygens (including phenoxy) is 1. The minimum atomic E-state index is -0.514. The maximum absolute atomic E-state index is 11.6. The molecule has 1 fully saturated rings. The van der Waals surface area contributed by atoms with E-state index in [9.17, 15) is 10.1 Å². The van der Waals surface area contributed by atoms with E-state index < -0.39 is 4.92 Å². The summed E-state index contributed by atoms with van der Waals surface area (Å²) in [6.45, 7) is 1.88. The van der Waals surface area contributed by atoms with Crippen molar-refractivity contribution in [2.75, 3.05) is 5.32 Å². The monoisotopic (exact) mass is 362 g/mol. The molecule has 132 valence electrons. The van der Waals surface area contributed by atoms with Gasteiger partial charge in [0, 0.05) is 10.7 Å². The molecule has 1 aromatic heterocycles. The number of rotatable bonds is 5. The second-order valence-corrected chi connectivity index (χ2v) is 6.53. The Balaban J connectivity index is 1.92. The lowest BCUT2D eigenvalue weighted by molar-refractivity contribution is -0.385. The van der Waals surface area contributed by atoms with E-state index in [2.05, 4.69) is 15.3 Å². The Kier molecular flexibility index (Phi) is 5.33. The fourth-order valence-electron chi connectivity index (χ4n) is 2.90. The average molecular weight is 363 g/mol. The van der Waals surface area contributed by atoms with Gasteiger partial charge >= 0.3 is 5.69 Å². The number of aryl methyl sites for hydroxylation is 1. The SMILES string of the molecule is Cc1ccc(Cl)cc1Nc1ncnc(OC2CCCCC2)c1[N+](=O)[O-]. The molecule has 1 aliphatic carbocycles. The van der Waals surface area contributed by atoms with E-state index in [-0.39, 0.29) is 23.5 Å². The van der Waals surface area contributed by atoms with Crippen molar-refractivity contribution < 1.29 is 9.66 Å². The maximum Gasteiger partial charge on any atom is 0.373 e. The zero-order chi connectivity index (χ0) is 17.8. The molecule has 2 aromatic rings. The summed E-state index contributed by atoms with van der Waals surface area (Å²) in [7, 11) is 0. The molecule has 0 bridgehead atoms. The van der Waals surface area contributed by atoms with E-state index in [0.717, 1.165) is 31.2 Å². The standard InChI is InChI=1S/C17H19ClN4O3/c1-11-7-8-12(18)9-14(11)21-16-15(22(23)24)17(20-10-19-16)25-13-5-3-2-4-6-13/h7-10,13H,2-6H2,1H3,(H,19,20,21). The lowest BCUT2D eigenvalue weighted by Gasteiger charge is -2.22. The quantitative estimate of drug-likeness (QED) is 0.606. The highest BCUT2D eigenvalue weighted by atomic mass is 35.5. The van der Waals surface area contributed by atoms with Crippen LogP contribution in [0.2, 0.25) is 5.02 Å². The van der Waals surface area contributed by atoms with Crippen molar-refractivity contribution in [3.05, 3.63) is 45.2 Å². The van der Waals surface area contributed by atoms with Crippen molar-refractivity contribution in [1.82, 2.24) is 9.97 Å². The molecule has 0 saturated heterocycles. The van der Waals surface area contributed by atoms with E-state index >= 15 is 0 Å². The van der Waals surface area contributed by atoms with Crippen molar-refractivity contribution in [1.29, 1.82) is 0 Å². The van der Waals surface area contributed by atoms with Gasteiger partial charge in [0.15, 0.2) is 0 Å². The molecule has 0 amide bonds. The number of hydrogen-bond acceptors (Lipinski definition) is 6. The third-order valence-electron chi connectivity index (χ3n) is 4.25. The highest BCUT2D eigenvalue weighted by Crippen LogP contribution is 2.35. The van der Waals surface area contributed by atoms with Crippen LogP contribution in [0.1, 0.15) is 37.7 Å². The average Bonchev–Trinajstić information content (AvgIpc) is 2.59. The Morgan fingerprint density at radius 3 is 2.76 bits per heavy atom. The van der Waals surface area contributed by atoms with Gasteiger partial charge in [0.05, 0.1) is 4.92 Å². The number of nitrogens with one attached hydrogen (secondary N) is 1. The van der Waals surface area contributed by atoms with E-state index in [1.54, 1.807) is 12.1 Å². The topological polar surface area (TPSA) is 90.2 Å². The molecule has 3 rings (SSSR count). The van der Waals surface area contributed by atoms with E-state index in [1.165, 1.54) is 12.7 Å². The van der Waals surface area contributed by atoms with E-state index in [0.29, 0.717) is 10.7 Å². The Morgan fingerprint density at radius 2 is 2.04 bits per heavy atom. The van der Waals surface area contributed by atoms with Gasteiger partial charge < -0.3 is 10.1 Å². The summed E-state index contributed by atoms with van der Waals surface area (Å²) in [5.41, 5.74) is 1.29. The van der Waals surface area contributed by atoms with Gasteiger partial charge in [-0.2, -0.15) is 4.98 Å². The molecule has 0 aliphatic heterocycles. The zero-order valence-corrected chi connectivity index (χ0v) is 14.6. The van der Waals surface area contributed by atoms with Crippen molar-refractivity contribution >= 4 is 28.8 Å². The molecule has 1 aliphatic rings. The molecule has 25 heavy (non-hydrogen) atoms. The van der Waals surface area contributed by atoms with Crippen molar-refractivity contribution in [3.8, 4) is 5.88 Å². The van der Waals surface area contributed by atoms with Crippen LogP contribution < -0.4 is 10.1 Å². The Hall–Kier alpha value is -2.41. The van der Waals surface area contributed by atoms with Gasteiger partial charge in [-0.05, 0) is 50.3 Å². The molecule has 1 aromatic carbocycles. The molecule has 1 heterocycles. The summed E-state index contributed by atoms with van der Waals surface area (Å²) in [5.74, 6) is 0.102. The number of nitro groups is 1. The first kappa shape index (κ1) is 17.4. The van der Waals surface area contributed by atoms with Crippen LogP contribution in [0.15, 0.2) is 24.5 Å². The highest BCUT2D eigenvalue weighted by molar-refractivity contribution is 6.30. The summed E-state index contributed by atoms with van der Waals surface area (Å²) in [6.07, 6.45) is 6.31. The summed E-state index contributed by atoms with van der Waals surface area (Å²) in [6, 6.07) is 5.29. The van der Waals surface area contributed by atoms with Crippen LogP contribution in [-0.2, 0) is 0 Å². The molecular formula is C17H19ClN4O3. The Labute approximate surface area is 150 Å². The fourth-order valence-corrected chi connectivity index (χ4v) is 3.07. The first-order valence-electron chi connectivity index (χ1n) is 8.24. The fraction of sp³-hybridized carbons (Fsp3) is 0.412. The highest BCUT2D eigenvalue weighted by Gasteiger charge is 2.27. The second kappa shape index (κ2) is 7.65. The van der Waals surface area contributed by atoms with Crippen LogP contribution in [0.4, 0.5) is 17.2 Å². The van der Waals surface area contributed by atoms with Gasteiger partial charge in [-0.1, -0.05) is 24.1 Å². The zero-order valence-electron chi connectivity index (χ0n) is 13.9. The van der Waals surface area contributed by atoms with Gasteiger partial charge in [0.1, 0.15) is 12.4 Å². The summed E-state index contributed by atoms with van der Waals surface area (Å²) < 4.78 is 5.82. The van der Waals surface area contributed by atoms with Gasteiger partial charge in [-0.25, -0.2) is 4.98 Å². The molecule has 1 N–H and O–H groups in total. The molecular weight excluding hydrogens is 344 g/mol. The van der Waals surface area contributed by atoms with Crippen LogP contribution in [0.3, 0.4) is 0 Å². The number of benzene rings is 1. The van der Waals surface area contributed by atoms with Gasteiger partial charge in [0.25, 0.3) is 5.88 Å². The summed E-state index contributed by atoms with van der Waals surface area (Å²) in [4.78, 5) is 19.1. The number of nitrogens with zero attached hydrogens (tertiary/aromatic N) is 3. The smallest absolute Gasteiger partial charge is 0.373 e. The van der Waals surface area contributed by atoms with Crippen LogP contribution in [-0.4, -0.2) is 21.0 Å². The maximum atomic E-state index is 11.6. The number of aromatic nitrogens is 2. The molecule has 0 radical (unpaired) electrons. The predicted molar refractivity (Wildman–Crippen MR) is 95.7 cm³/mol. The van der Waals surface area contributed by atoms with Crippen LogP contribution in [0.5, 0.6) is 5.88 Å². The molecule has 0 unspecified atom stereocenters. The summed E-state index contributed by atoms with van der Waals surface area (Å²) >= 11 is 6.01. The Bertz CT molecular complexity index is 778. The van der Waals surface area contributed by atoms with E-state index in [1.807, 2.05) is 13.0 Å². The minimum absolute atomic E-state index is 0.00841. The molecule has 1 saturated carbocycles. The largest absolute Gasteiger partial charge is 0.469 e. The number of halogens is 1. The molecule has 0 atom stereocenters. The van der Waals surface area contributed by atoms with E-state index in [4.69, 9.17) is 16.3 Å². The third kappa shape index (κ3) is 4.17. The van der Waals surface area contributed by atoms with Crippen molar-refractivity contribution in [2.45, 2.75) is 45.1 Å². The van der Waals surface area contributed by atoms with Gasteiger partial charge in [-0.3, -0.25) is 10.1 Å². The van der Waals surface area contributed by atoms with Crippen molar-refractivity contribution in [3.63, 3.8) is 0 Å². The lowest BCUT2D eigenvalue weighted by Crippen LogP contribution is -2.21. The van der Waals surface area contributed by atoms with Crippen LogP contribution >= 0.6 is 11.6 Å². The minimum Gasteiger partial charge on any atom is -0.469 e. The number of hydrogen-bond donors (Lipinski definition) is 1. The molecule has 7 nitrogen and oxygen atoms in total. The van der Waals surface area contributed by atoms with Crippen molar-refractivity contribution in [2.24, 2.45) is 0 Å². The first-order valence-corrected chi connectivity index (χ1v) is 8.61. The first-order chi connectivity index (χ1) is 12.0. The Morgan fingerprint density at radius 1 is 1.28 bits per heavy atom. The van der Waals surface area contributed by atoms with Gasteiger partial charge in [-0.15, -0.1) is 0 Å². The number of anilines is 2. The van der Waals surface area contributed by atoms with Crippen LogP contribution in [0.25, 0.3) is 0 Å². The molecule has 0 spiro atoms. The summed E-state index contributed by atoms with van der Waals surface area (Å²) in [5, 5.41) is 15.1. The van der Waals surface area contributed by atoms with Gasteiger partial charge in [0.2, 0.25) is 5.82 Å². The van der Waals surface area contributed by atoms with Crippen LogP contribution in [0, 0.1) is 17.0 Å². The lowest BCUT2D eigenvalue weighted by atomic mass is 9.98. The molecule has 8 heteroatoms. The predicted octanol–water partition coefficient (Wildman–Crippen LogP) is 4.80. The third-order valence-corrected chi connectivity index (χ3v) is 4.49. The normalized spacial score (nSPS) is 15.0. The second-order valence-electron chi connectivity index (χ2n) is 6.10.